The maximum Gasteiger partial charge on any atom is 0.346 e. The number of rotatable bonds is 6. The Balaban J connectivity index is 1.65. The predicted molar refractivity (Wildman–Crippen MR) is 95.3 cm³/mol. The minimum absolute atomic E-state index is 0.0451. The second-order valence-corrected chi connectivity index (χ2v) is 6.23. The third-order valence-corrected chi connectivity index (χ3v) is 4.55. The van der Waals surface area contributed by atoms with Gasteiger partial charge in [-0.25, -0.2) is 9.48 Å². The molecule has 0 aliphatic carbocycles. The summed E-state index contributed by atoms with van der Waals surface area (Å²) in [5.41, 5.74) is 0.775. The van der Waals surface area contributed by atoms with Gasteiger partial charge in [-0.15, -0.1) is 0 Å². The Morgan fingerprint density at radius 3 is 2.85 bits per heavy atom. The van der Waals surface area contributed by atoms with Crippen LogP contribution in [0, 0.1) is 0 Å². The molecule has 0 fully saturated rings. The molecule has 3 rings (SSSR count). The number of ether oxygens (including phenoxy) is 2. The van der Waals surface area contributed by atoms with Crippen molar-refractivity contribution in [1.82, 2.24) is 19.2 Å². The zero-order valence-electron chi connectivity index (χ0n) is 15.2. The minimum Gasteiger partial charge on any atom is -0.497 e. The zero-order chi connectivity index (χ0) is 18.5. The van der Waals surface area contributed by atoms with Crippen molar-refractivity contribution in [2.75, 3.05) is 33.9 Å². The van der Waals surface area contributed by atoms with Gasteiger partial charge in [-0.1, -0.05) is 12.1 Å². The van der Waals surface area contributed by atoms with E-state index in [2.05, 4.69) is 5.10 Å². The summed E-state index contributed by atoms with van der Waals surface area (Å²) in [6, 6.07) is 7.52. The molecule has 0 N–H and O–H groups in total. The molecule has 0 saturated heterocycles. The monoisotopic (exact) mass is 360 g/mol. The molecule has 2 aromatic rings. The van der Waals surface area contributed by atoms with Crippen LogP contribution in [0.5, 0.6) is 5.75 Å². The minimum atomic E-state index is -0.140. The van der Waals surface area contributed by atoms with E-state index in [9.17, 15) is 9.59 Å². The van der Waals surface area contributed by atoms with Crippen molar-refractivity contribution in [1.29, 1.82) is 0 Å². The smallest absolute Gasteiger partial charge is 0.346 e. The Labute approximate surface area is 151 Å². The van der Waals surface area contributed by atoms with Crippen molar-refractivity contribution in [3.05, 3.63) is 46.1 Å². The molecule has 1 aliphatic rings. The van der Waals surface area contributed by atoms with E-state index < -0.39 is 0 Å². The highest BCUT2D eigenvalue weighted by atomic mass is 16.5. The highest BCUT2D eigenvalue weighted by molar-refractivity contribution is 5.79. The van der Waals surface area contributed by atoms with Crippen molar-refractivity contribution in [2.45, 2.75) is 25.9 Å². The van der Waals surface area contributed by atoms with Crippen LogP contribution in [-0.4, -0.2) is 59.1 Å². The van der Waals surface area contributed by atoms with Crippen LogP contribution in [0.4, 0.5) is 0 Å². The Hall–Kier alpha value is -2.61. The van der Waals surface area contributed by atoms with Gasteiger partial charge in [0.05, 0.1) is 26.7 Å². The van der Waals surface area contributed by atoms with E-state index in [1.807, 2.05) is 24.3 Å². The van der Waals surface area contributed by atoms with Gasteiger partial charge >= 0.3 is 5.69 Å². The van der Waals surface area contributed by atoms with Crippen LogP contribution in [0.2, 0.25) is 0 Å². The number of benzene rings is 1. The summed E-state index contributed by atoms with van der Waals surface area (Å²) in [4.78, 5) is 26.8. The topological polar surface area (TPSA) is 78.6 Å². The van der Waals surface area contributed by atoms with Crippen molar-refractivity contribution in [2.24, 2.45) is 0 Å². The Morgan fingerprint density at radius 2 is 2.08 bits per heavy atom. The molecule has 1 aromatic carbocycles. The molecule has 26 heavy (non-hydrogen) atoms. The maximum atomic E-state index is 12.6. The normalized spacial score (nSPS) is 14.0. The molecular formula is C18H24N4O4. The Morgan fingerprint density at radius 1 is 1.23 bits per heavy atom. The van der Waals surface area contributed by atoms with E-state index >= 15 is 0 Å². The molecule has 0 atom stereocenters. The van der Waals surface area contributed by atoms with E-state index in [4.69, 9.17) is 9.47 Å². The lowest BCUT2D eigenvalue weighted by Crippen LogP contribution is -2.36. The van der Waals surface area contributed by atoms with Gasteiger partial charge in [-0.3, -0.25) is 9.36 Å². The summed E-state index contributed by atoms with van der Waals surface area (Å²) >= 11 is 0. The molecule has 8 nitrogen and oxygen atoms in total. The summed E-state index contributed by atoms with van der Waals surface area (Å²) < 4.78 is 13.3. The van der Waals surface area contributed by atoms with Crippen molar-refractivity contribution in [3.63, 3.8) is 0 Å². The number of amides is 1. The van der Waals surface area contributed by atoms with Crippen LogP contribution in [0.15, 0.2) is 29.1 Å². The number of methoxy groups -OCH3 is 2. The number of hydrogen-bond donors (Lipinski definition) is 0. The first-order chi connectivity index (χ1) is 12.6. The molecule has 1 aliphatic heterocycles. The molecular weight excluding hydrogens is 336 g/mol. The maximum absolute atomic E-state index is 12.6. The first-order valence-electron chi connectivity index (χ1n) is 8.68. The lowest BCUT2D eigenvalue weighted by Gasteiger charge is -2.20. The molecule has 0 unspecified atom stereocenters. The van der Waals surface area contributed by atoms with Crippen molar-refractivity contribution < 1.29 is 14.3 Å². The largest absolute Gasteiger partial charge is 0.497 e. The number of nitrogens with zero attached hydrogens (tertiary/aromatic N) is 4. The fraction of sp³-hybridized carbons (Fsp3) is 0.500. The fourth-order valence-electron chi connectivity index (χ4n) is 3.10. The molecule has 1 amide bonds. The number of fused-ring (bicyclic) bond motifs is 1. The van der Waals surface area contributed by atoms with Crippen LogP contribution in [0.3, 0.4) is 0 Å². The van der Waals surface area contributed by atoms with Crippen LogP contribution in [0.25, 0.3) is 0 Å². The molecule has 0 bridgehead atoms. The van der Waals surface area contributed by atoms with Gasteiger partial charge in [0.15, 0.2) is 0 Å². The average Bonchev–Trinajstić information content (AvgIpc) is 2.82. The molecule has 0 radical (unpaired) electrons. The van der Waals surface area contributed by atoms with E-state index in [1.54, 1.807) is 23.7 Å². The van der Waals surface area contributed by atoms with E-state index in [0.717, 1.165) is 17.1 Å². The SMILES string of the molecule is COCCn1nc2n(c1=O)CCN(C(=O)Cc1cccc(OC)c1)CC2. The van der Waals surface area contributed by atoms with E-state index in [-0.39, 0.29) is 11.6 Å². The molecule has 2 heterocycles. The first-order valence-corrected chi connectivity index (χ1v) is 8.68. The highest BCUT2D eigenvalue weighted by Crippen LogP contribution is 2.14. The number of carbonyl (C=O) groups is 1. The average molecular weight is 360 g/mol. The lowest BCUT2D eigenvalue weighted by atomic mass is 10.1. The Kier molecular flexibility index (Phi) is 5.72. The van der Waals surface area contributed by atoms with Gasteiger partial charge in [0.2, 0.25) is 5.91 Å². The summed E-state index contributed by atoms with van der Waals surface area (Å²) in [5.74, 6) is 1.51. The van der Waals surface area contributed by atoms with Gasteiger partial charge in [0, 0.05) is 33.2 Å². The molecule has 0 spiro atoms. The second-order valence-electron chi connectivity index (χ2n) is 6.23. The summed E-state index contributed by atoms with van der Waals surface area (Å²) in [5, 5.41) is 4.38. The second kappa shape index (κ2) is 8.18. The molecule has 0 saturated carbocycles. The lowest BCUT2D eigenvalue weighted by molar-refractivity contribution is -0.130. The van der Waals surface area contributed by atoms with E-state index in [0.29, 0.717) is 45.6 Å². The summed E-state index contributed by atoms with van der Waals surface area (Å²) in [6.45, 7) is 2.41. The third kappa shape index (κ3) is 3.96. The first kappa shape index (κ1) is 18.2. The quantitative estimate of drug-likeness (QED) is 0.742. The van der Waals surface area contributed by atoms with Gasteiger partial charge < -0.3 is 14.4 Å². The highest BCUT2D eigenvalue weighted by Gasteiger charge is 2.22. The van der Waals surface area contributed by atoms with Gasteiger partial charge in [-0.2, -0.15) is 5.10 Å². The van der Waals surface area contributed by atoms with Crippen LogP contribution >= 0.6 is 0 Å². The van der Waals surface area contributed by atoms with Gasteiger partial charge in [0.25, 0.3) is 0 Å². The zero-order valence-corrected chi connectivity index (χ0v) is 15.2. The summed E-state index contributed by atoms with van der Waals surface area (Å²) in [7, 11) is 3.20. The van der Waals surface area contributed by atoms with Crippen molar-refractivity contribution in [3.8, 4) is 5.75 Å². The molecule has 140 valence electrons. The van der Waals surface area contributed by atoms with Crippen molar-refractivity contribution >= 4 is 5.91 Å². The van der Waals surface area contributed by atoms with Crippen LogP contribution in [-0.2, 0) is 35.5 Å². The van der Waals surface area contributed by atoms with Gasteiger partial charge in [-0.05, 0) is 17.7 Å². The standard InChI is InChI=1S/C18H24N4O4/c1-25-11-10-22-18(24)21-9-8-20(7-6-16(21)19-22)17(23)13-14-4-3-5-15(12-14)26-2/h3-5,12H,6-11,13H2,1-2H3. The Bertz CT molecular complexity index is 827. The van der Waals surface area contributed by atoms with E-state index in [1.165, 1.54) is 4.68 Å². The number of hydrogen-bond acceptors (Lipinski definition) is 5. The fourth-order valence-corrected chi connectivity index (χ4v) is 3.10. The third-order valence-electron chi connectivity index (χ3n) is 4.55. The number of carbonyl (C=O) groups excluding carboxylic acids is 1. The number of aromatic nitrogens is 3. The van der Waals surface area contributed by atoms with Crippen LogP contribution in [0.1, 0.15) is 11.4 Å². The predicted octanol–water partition coefficient (Wildman–Crippen LogP) is 0.327. The molecule has 8 heteroatoms. The summed E-state index contributed by atoms with van der Waals surface area (Å²) in [6.07, 6.45) is 0.886. The van der Waals surface area contributed by atoms with Crippen LogP contribution < -0.4 is 10.4 Å². The molecule has 1 aromatic heterocycles. The van der Waals surface area contributed by atoms with Gasteiger partial charge in [0.1, 0.15) is 11.6 Å².